The lowest BCUT2D eigenvalue weighted by molar-refractivity contribution is -0.137. The number of carbonyl (C=O) groups is 1. The molecule has 0 aromatic heterocycles. The molecule has 1 heterocycles. The molecule has 0 bridgehead atoms. The number of piperidine rings is 1. The number of nitrogens with zero attached hydrogens (tertiary/aromatic N) is 1. The van der Waals surface area contributed by atoms with Crippen molar-refractivity contribution in [2.24, 2.45) is 5.73 Å². The van der Waals surface area contributed by atoms with Gasteiger partial charge in [0.15, 0.2) is 0 Å². The molecule has 82 valence electrons. The number of carbonyl (C=O) groups excluding carboxylic acids is 1. The van der Waals surface area contributed by atoms with Crippen molar-refractivity contribution in [2.75, 3.05) is 20.2 Å². The van der Waals surface area contributed by atoms with E-state index in [1.165, 1.54) is 0 Å². The summed E-state index contributed by atoms with van der Waals surface area (Å²) in [7, 11) is 1.73. The van der Waals surface area contributed by atoms with E-state index >= 15 is 0 Å². The molecule has 0 radical (unpaired) electrons. The van der Waals surface area contributed by atoms with E-state index in [4.69, 9.17) is 10.5 Å². The van der Waals surface area contributed by atoms with Crippen molar-refractivity contribution in [3.63, 3.8) is 0 Å². The molecule has 4 heteroatoms. The Morgan fingerprint density at radius 3 is 2.36 bits per heavy atom. The number of nitrogens with two attached hydrogens (primary N) is 1. The number of ether oxygens (including phenoxy) is 1. The van der Waals surface area contributed by atoms with E-state index in [-0.39, 0.29) is 17.6 Å². The van der Waals surface area contributed by atoms with E-state index in [1.54, 1.807) is 14.0 Å². The summed E-state index contributed by atoms with van der Waals surface area (Å²) in [5, 5.41) is 0. The Balaban J connectivity index is 2.47. The molecule has 1 amide bonds. The van der Waals surface area contributed by atoms with Crippen LogP contribution >= 0.6 is 0 Å². The monoisotopic (exact) mass is 200 g/mol. The molecule has 1 atom stereocenters. The van der Waals surface area contributed by atoms with Crippen molar-refractivity contribution >= 4 is 5.91 Å². The third-order valence-electron chi connectivity index (χ3n) is 3.02. The lowest BCUT2D eigenvalue weighted by Gasteiger charge is -2.38. The van der Waals surface area contributed by atoms with Crippen molar-refractivity contribution in [1.82, 2.24) is 4.90 Å². The molecular formula is C10H20N2O2. The summed E-state index contributed by atoms with van der Waals surface area (Å²) in [4.78, 5) is 13.4. The highest BCUT2D eigenvalue weighted by atomic mass is 16.5. The Kier molecular flexibility index (Phi) is 3.50. The second-order valence-corrected chi connectivity index (χ2v) is 4.27. The van der Waals surface area contributed by atoms with Crippen LogP contribution in [0.4, 0.5) is 0 Å². The summed E-state index contributed by atoms with van der Waals surface area (Å²) in [6.07, 6.45) is 1.78. The maximum atomic E-state index is 11.6. The Morgan fingerprint density at radius 2 is 2.00 bits per heavy atom. The van der Waals surface area contributed by atoms with Gasteiger partial charge in [0.2, 0.25) is 5.91 Å². The van der Waals surface area contributed by atoms with Gasteiger partial charge < -0.3 is 15.4 Å². The molecule has 1 aliphatic rings. The molecule has 0 saturated carbocycles. The summed E-state index contributed by atoms with van der Waals surface area (Å²) >= 11 is 0. The Labute approximate surface area is 85.4 Å². The van der Waals surface area contributed by atoms with Crippen molar-refractivity contribution in [3.05, 3.63) is 0 Å². The minimum Gasteiger partial charge on any atom is -0.378 e. The van der Waals surface area contributed by atoms with Crippen molar-refractivity contribution in [3.8, 4) is 0 Å². The molecule has 0 aliphatic carbocycles. The van der Waals surface area contributed by atoms with Gasteiger partial charge in [-0.05, 0) is 26.7 Å². The van der Waals surface area contributed by atoms with Crippen LogP contribution in [-0.2, 0) is 9.53 Å². The molecule has 0 aromatic rings. The molecule has 1 rings (SSSR count). The first-order valence-electron chi connectivity index (χ1n) is 5.08. The predicted octanol–water partition coefficient (Wildman–Crippen LogP) is 0.361. The van der Waals surface area contributed by atoms with Crippen molar-refractivity contribution < 1.29 is 9.53 Å². The second kappa shape index (κ2) is 4.28. The van der Waals surface area contributed by atoms with Gasteiger partial charge in [0.05, 0.1) is 11.6 Å². The molecule has 14 heavy (non-hydrogen) atoms. The summed E-state index contributed by atoms with van der Waals surface area (Å²) in [6.45, 7) is 5.32. The second-order valence-electron chi connectivity index (χ2n) is 4.27. The Hall–Kier alpha value is -0.610. The smallest absolute Gasteiger partial charge is 0.239 e. The fourth-order valence-corrected chi connectivity index (χ4v) is 1.69. The maximum absolute atomic E-state index is 11.6. The average Bonchev–Trinajstić information content (AvgIpc) is 2.18. The predicted molar refractivity (Wildman–Crippen MR) is 54.9 cm³/mol. The maximum Gasteiger partial charge on any atom is 0.239 e. The Bertz CT molecular complexity index is 208. The van der Waals surface area contributed by atoms with Gasteiger partial charge in [-0.2, -0.15) is 0 Å². The zero-order valence-electron chi connectivity index (χ0n) is 9.25. The largest absolute Gasteiger partial charge is 0.378 e. The van der Waals surface area contributed by atoms with Gasteiger partial charge in [-0.15, -0.1) is 0 Å². The van der Waals surface area contributed by atoms with Crippen LogP contribution in [0.1, 0.15) is 26.7 Å². The van der Waals surface area contributed by atoms with Crippen LogP contribution in [0, 0.1) is 0 Å². The van der Waals surface area contributed by atoms with Crippen molar-refractivity contribution in [1.29, 1.82) is 0 Å². The molecule has 2 N–H and O–H groups in total. The quantitative estimate of drug-likeness (QED) is 0.700. The molecule has 1 unspecified atom stereocenters. The minimum absolute atomic E-state index is 0.0446. The Morgan fingerprint density at radius 1 is 1.50 bits per heavy atom. The first-order chi connectivity index (χ1) is 6.48. The van der Waals surface area contributed by atoms with Crippen LogP contribution < -0.4 is 5.73 Å². The third kappa shape index (κ3) is 2.45. The highest BCUT2D eigenvalue weighted by Crippen LogP contribution is 2.24. The summed E-state index contributed by atoms with van der Waals surface area (Å²) in [5.74, 6) is 0.0446. The van der Waals surface area contributed by atoms with Gasteiger partial charge in [-0.3, -0.25) is 4.79 Å². The van der Waals surface area contributed by atoms with E-state index < -0.39 is 0 Å². The zero-order chi connectivity index (χ0) is 10.8. The number of likely N-dealkylation sites (tertiary alicyclic amines) is 1. The fourth-order valence-electron chi connectivity index (χ4n) is 1.69. The SMILES string of the molecule is COC1(C)CCN(C(=O)C(C)N)CC1. The molecule has 4 nitrogen and oxygen atoms in total. The van der Waals surface area contributed by atoms with Gasteiger partial charge >= 0.3 is 0 Å². The average molecular weight is 200 g/mol. The first-order valence-corrected chi connectivity index (χ1v) is 5.08. The number of amides is 1. The van der Waals surface area contributed by atoms with Crippen LogP contribution in [0.3, 0.4) is 0 Å². The molecule has 0 aromatic carbocycles. The van der Waals surface area contributed by atoms with Crippen LogP contribution in [0.25, 0.3) is 0 Å². The standard InChI is InChI=1S/C10H20N2O2/c1-8(11)9(13)12-6-4-10(2,14-3)5-7-12/h8H,4-7,11H2,1-3H3. The first kappa shape index (κ1) is 11.5. The minimum atomic E-state index is -0.387. The summed E-state index contributed by atoms with van der Waals surface area (Å²) in [6, 6.07) is -0.387. The van der Waals surface area contributed by atoms with Crippen molar-refractivity contribution in [2.45, 2.75) is 38.3 Å². The van der Waals surface area contributed by atoms with E-state index in [0.29, 0.717) is 0 Å². The fraction of sp³-hybridized carbons (Fsp3) is 0.900. The summed E-state index contributed by atoms with van der Waals surface area (Å²) in [5.41, 5.74) is 5.48. The van der Waals surface area contributed by atoms with Gasteiger partial charge in [-0.25, -0.2) is 0 Å². The zero-order valence-corrected chi connectivity index (χ0v) is 9.25. The van der Waals surface area contributed by atoms with Crippen LogP contribution in [0.2, 0.25) is 0 Å². The number of methoxy groups -OCH3 is 1. The van der Waals surface area contributed by atoms with Gasteiger partial charge in [-0.1, -0.05) is 0 Å². The van der Waals surface area contributed by atoms with Crippen LogP contribution in [0.5, 0.6) is 0 Å². The third-order valence-corrected chi connectivity index (χ3v) is 3.02. The lowest BCUT2D eigenvalue weighted by atomic mass is 9.93. The molecule has 1 saturated heterocycles. The van der Waals surface area contributed by atoms with Gasteiger partial charge in [0.25, 0.3) is 0 Å². The van der Waals surface area contributed by atoms with Gasteiger partial charge in [0, 0.05) is 20.2 Å². The molecule has 0 spiro atoms. The van der Waals surface area contributed by atoms with Gasteiger partial charge in [0.1, 0.15) is 0 Å². The molecule has 1 aliphatic heterocycles. The van der Waals surface area contributed by atoms with E-state index in [2.05, 4.69) is 6.92 Å². The number of hydrogen-bond donors (Lipinski definition) is 1. The summed E-state index contributed by atoms with van der Waals surface area (Å²) < 4.78 is 5.40. The van der Waals surface area contributed by atoms with E-state index in [9.17, 15) is 4.79 Å². The molecule has 1 fully saturated rings. The van der Waals surface area contributed by atoms with E-state index in [1.807, 2.05) is 4.90 Å². The number of rotatable bonds is 2. The topological polar surface area (TPSA) is 55.6 Å². The normalized spacial score (nSPS) is 23.3. The lowest BCUT2D eigenvalue weighted by Crippen LogP contribution is -2.50. The highest BCUT2D eigenvalue weighted by Gasteiger charge is 2.32. The van der Waals surface area contributed by atoms with Crippen LogP contribution in [-0.4, -0.2) is 42.6 Å². The van der Waals surface area contributed by atoms with E-state index in [0.717, 1.165) is 25.9 Å². The highest BCUT2D eigenvalue weighted by molar-refractivity contribution is 5.81. The molecular weight excluding hydrogens is 180 g/mol. The number of hydrogen-bond acceptors (Lipinski definition) is 3. The van der Waals surface area contributed by atoms with Crippen LogP contribution in [0.15, 0.2) is 0 Å².